The highest BCUT2D eigenvalue weighted by Crippen LogP contribution is 2.15. The Balaban J connectivity index is 2.20. The molecule has 0 saturated heterocycles. The van der Waals surface area contributed by atoms with Gasteiger partial charge >= 0.3 is 0 Å². The third kappa shape index (κ3) is 2.64. The van der Waals surface area contributed by atoms with E-state index >= 15 is 0 Å². The number of nitrogens with zero attached hydrogens (tertiary/aromatic N) is 2. The summed E-state index contributed by atoms with van der Waals surface area (Å²) in [4.78, 5) is 0. The number of nitrogen functional groups attached to an aromatic ring is 1. The SMILES string of the molecule is CCCc1c(N)cnn1Cc1ccc(F)cc1. The zero-order valence-electron chi connectivity index (χ0n) is 9.86. The van der Waals surface area contributed by atoms with Crippen LogP contribution in [-0.2, 0) is 13.0 Å². The van der Waals surface area contributed by atoms with Gasteiger partial charge in [0.2, 0.25) is 0 Å². The molecule has 0 bridgehead atoms. The van der Waals surface area contributed by atoms with Crippen molar-refractivity contribution in [2.75, 3.05) is 5.73 Å². The van der Waals surface area contributed by atoms with Gasteiger partial charge in [-0.05, 0) is 24.1 Å². The molecule has 3 nitrogen and oxygen atoms in total. The van der Waals surface area contributed by atoms with Gasteiger partial charge in [-0.1, -0.05) is 25.5 Å². The van der Waals surface area contributed by atoms with Crippen molar-refractivity contribution in [2.45, 2.75) is 26.3 Å². The Kier molecular flexibility index (Phi) is 3.42. The summed E-state index contributed by atoms with van der Waals surface area (Å²) in [5, 5.41) is 4.25. The summed E-state index contributed by atoms with van der Waals surface area (Å²) in [6, 6.07) is 6.45. The number of rotatable bonds is 4. The van der Waals surface area contributed by atoms with Crippen molar-refractivity contribution in [1.29, 1.82) is 0 Å². The Morgan fingerprint density at radius 1 is 1.29 bits per heavy atom. The molecule has 2 aromatic rings. The highest BCUT2D eigenvalue weighted by atomic mass is 19.1. The minimum absolute atomic E-state index is 0.220. The van der Waals surface area contributed by atoms with Crippen molar-refractivity contribution in [3.8, 4) is 0 Å². The van der Waals surface area contributed by atoms with Gasteiger partial charge in [-0.2, -0.15) is 5.10 Å². The molecule has 0 radical (unpaired) electrons. The minimum atomic E-state index is -0.220. The summed E-state index contributed by atoms with van der Waals surface area (Å²) >= 11 is 0. The molecule has 0 atom stereocenters. The maximum Gasteiger partial charge on any atom is 0.123 e. The third-order valence-corrected chi connectivity index (χ3v) is 2.71. The molecule has 2 rings (SSSR count). The summed E-state index contributed by atoms with van der Waals surface area (Å²) in [5.74, 6) is -0.220. The fraction of sp³-hybridized carbons (Fsp3) is 0.308. The van der Waals surface area contributed by atoms with Crippen LogP contribution in [0.2, 0.25) is 0 Å². The summed E-state index contributed by atoms with van der Waals surface area (Å²) < 4.78 is 14.7. The average Bonchev–Trinajstić information content (AvgIpc) is 2.65. The molecule has 0 saturated carbocycles. The standard InChI is InChI=1S/C13H16FN3/c1-2-3-13-12(15)8-16-17(13)9-10-4-6-11(14)7-5-10/h4-8H,2-3,9,15H2,1H3. The van der Waals surface area contributed by atoms with Gasteiger partial charge < -0.3 is 5.73 Å². The maximum atomic E-state index is 12.8. The van der Waals surface area contributed by atoms with Gasteiger partial charge in [-0.25, -0.2) is 4.39 Å². The molecule has 0 spiro atoms. The van der Waals surface area contributed by atoms with Crippen LogP contribution in [0.3, 0.4) is 0 Å². The molecule has 2 N–H and O–H groups in total. The van der Waals surface area contributed by atoms with E-state index in [4.69, 9.17) is 5.73 Å². The van der Waals surface area contributed by atoms with Crippen molar-refractivity contribution < 1.29 is 4.39 Å². The lowest BCUT2D eigenvalue weighted by Crippen LogP contribution is -2.07. The van der Waals surface area contributed by atoms with Crippen molar-refractivity contribution in [2.24, 2.45) is 0 Å². The van der Waals surface area contributed by atoms with Gasteiger partial charge in [0, 0.05) is 0 Å². The van der Waals surface area contributed by atoms with Gasteiger partial charge in [0.05, 0.1) is 24.1 Å². The van der Waals surface area contributed by atoms with Crippen LogP contribution in [0.5, 0.6) is 0 Å². The largest absolute Gasteiger partial charge is 0.396 e. The smallest absolute Gasteiger partial charge is 0.123 e. The molecule has 0 aliphatic rings. The summed E-state index contributed by atoms with van der Waals surface area (Å²) in [6.45, 7) is 2.74. The molecular weight excluding hydrogens is 217 g/mol. The zero-order chi connectivity index (χ0) is 12.3. The molecule has 0 unspecified atom stereocenters. The van der Waals surface area contributed by atoms with Crippen molar-refractivity contribution in [1.82, 2.24) is 9.78 Å². The van der Waals surface area contributed by atoms with E-state index in [-0.39, 0.29) is 5.82 Å². The summed E-state index contributed by atoms with van der Waals surface area (Å²) in [6.07, 6.45) is 3.61. The molecule has 0 aliphatic heterocycles. The molecule has 1 heterocycles. The monoisotopic (exact) mass is 233 g/mol. The lowest BCUT2D eigenvalue weighted by Gasteiger charge is -2.07. The van der Waals surface area contributed by atoms with Crippen molar-refractivity contribution in [3.63, 3.8) is 0 Å². The zero-order valence-corrected chi connectivity index (χ0v) is 9.86. The van der Waals surface area contributed by atoms with Gasteiger partial charge in [0.25, 0.3) is 0 Å². The second-order valence-electron chi connectivity index (χ2n) is 4.08. The molecular formula is C13H16FN3. The highest BCUT2D eigenvalue weighted by molar-refractivity contribution is 5.41. The molecule has 0 amide bonds. The van der Waals surface area contributed by atoms with Crippen LogP contribution in [0.1, 0.15) is 24.6 Å². The fourth-order valence-electron chi connectivity index (χ4n) is 1.83. The normalized spacial score (nSPS) is 10.7. The number of nitrogens with two attached hydrogens (primary N) is 1. The molecule has 90 valence electrons. The Morgan fingerprint density at radius 3 is 2.65 bits per heavy atom. The lowest BCUT2D eigenvalue weighted by molar-refractivity contribution is 0.619. The number of halogens is 1. The fourth-order valence-corrected chi connectivity index (χ4v) is 1.83. The first-order valence-electron chi connectivity index (χ1n) is 5.75. The predicted octanol–water partition coefficient (Wildman–Crippen LogP) is 2.61. The van der Waals surface area contributed by atoms with Crippen LogP contribution >= 0.6 is 0 Å². The molecule has 1 aromatic carbocycles. The van der Waals surface area contributed by atoms with Crippen molar-refractivity contribution >= 4 is 5.69 Å². The summed E-state index contributed by atoms with van der Waals surface area (Å²) in [5.41, 5.74) is 8.67. The first kappa shape index (κ1) is 11.6. The predicted molar refractivity (Wildman–Crippen MR) is 66.1 cm³/mol. The number of anilines is 1. The van der Waals surface area contributed by atoms with Gasteiger partial charge in [-0.3, -0.25) is 4.68 Å². The van der Waals surface area contributed by atoms with Gasteiger partial charge in [0.1, 0.15) is 5.82 Å². The van der Waals surface area contributed by atoms with Crippen LogP contribution in [-0.4, -0.2) is 9.78 Å². The molecule has 17 heavy (non-hydrogen) atoms. The number of benzene rings is 1. The van der Waals surface area contributed by atoms with Gasteiger partial charge in [0.15, 0.2) is 0 Å². The lowest BCUT2D eigenvalue weighted by atomic mass is 10.2. The minimum Gasteiger partial charge on any atom is -0.396 e. The third-order valence-electron chi connectivity index (χ3n) is 2.71. The van der Waals surface area contributed by atoms with E-state index in [0.717, 1.165) is 29.8 Å². The second-order valence-corrected chi connectivity index (χ2v) is 4.08. The Bertz CT molecular complexity index is 488. The average molecular weight is 233 g/mol. The van der Waals surface area contributed by atoms with Crippen LogP contribution in [0, 0.1) is 5.82 Å². The van der Waals surface area contributed by atoms with E-state index in [1.165, 1.54) is 12.1 Å². The van der Waals surface area contributed by atoms with Crippen LogP contribution < -0.4 is 5.73 Å². The van der Waals surface area contributed by atoms with E-state index in [1.807, 2.05) is 4.68 Å². The van der Waals surface area contributed by atoms with Crippen LogP contribution in [0.4, 0.5) is 10.1 Å². The first-order valence-corrected chi connectivity index (χ1v) is 5.75. The van der Waals surface area contributed by atoms with Gasteiger partial charge in [-0.15, -0.1) is 0 Å². The Hall–Kier alpha value is -1.84. The van der Waals surface area contributed by atoms with E-state index < -0.39 is 0 Å². The van der Waals surface area contributed by atoms with E-state index in [1.54, 1.807) is 18.3 Å². The Labute approximate surface area is 100 Å². The first-order chi connectivity index (χ1) is 8.20. The maximum absolute atomic E-state index is 12.8. The summed E-state index contributed by atoms with van der Waals surface area (Å²) in [7, 11) is 0. The second kappa shape index (κ2) is 4.99. The molecule has 4 heteroatoms. The van der Waals surface area contributed by atoms with E-state index in [2.05, 4.69) is 12.0 Å². The Morgan fingerprint density at radius 2 is 2.00 bits per heavy atom. The van der Waals surface area contributed by atoms with E-state index in [0.29, 0.717) is 6.54 Å². The highest BCUT2D eigenvalue weighted by Gasteiger charge is 2.07. The topological polar surface area (TPSA) is 43.8 Å². The quantitative estimate of drug-likeness (QED) is 0.882. The number of aromatic nitrogens is 2. The van der Waals surface area contributed by atoms with Crippen molar-refractivity contribution in [3.05, 3.63) is 47.5 Å². The molecule has 0 fully saturated rings. The van der Waals surface area contributed by atoms with Crippen LogP contribution in [0.15, 0.2) is 30.5 Å². The van der Waals surface area contributed by atoms with Crippen LogP contribution in [0.25, 0.3) is 0 Å². The molecule has 0 aliphatic carbocycles. The molecule has 1 aromatic heterocycles. The van der Waals surface area contributed by atoms with E-state index in [9.17, 15) is 4.39 Å². The number of hydrogen-bond acceptors (Lipinski definition) is 2. The number of hydrogen-bond donors (Lipinski definition) is 1.